The fourth-order valence-electron chi connectivity index (χ4n) is 2.48. The minimum atomic E-state index is -3.38. The smallest absolute Gasteiger partial charge is 0.240 e. The first kappa shape index (κ1) is 18.3. The third-order valence-corrected chi connectivity index (χ3v) is 4.36. The molecule has 2 rings (SSSR count). The van der Waals surface area contributed by atoms with E-state index in [0.29, 0.717) is 5.69 Å². The first-order chi connectivity index (χ1) is 11.2. The quantitative estimate of drug-likeness (QED) is 0.695. The van der Waals surface area contributed by atoms with Gasteiger partial charge < -0.3 is 15.0 Å². The van der Waals surface area contributed by atoms with E-state index in [0.717, 1.165) is 17.2 Å². The Hall–Kier alpha value is -2.06. The van der Waals surface area contributed by atoms with Gasteiger partial charge in [-0.3, -0.25) is 9.52 Å². The molecule has 2 aromatic rings. The lowest BCUT2D eigenvalue weighted by Gasteiger charge is -2.20. The topological polar surface area (TPSA) is 100 Å². The summed E-state index contributed by atoms with van der Waals surface area (Å²) in [5.74, 6) is -0.0763. The molecule has 0 aliphatic rings. The highest BCUT2D eigenvalue weighted by Gasteiger charge is 2.16. The maximum absolute atomic E-state index is 12.2. The summed E-state index contributed by atoms with van der Waals surface area (Å²) < 4.78 is 27.1. The van der Waals surface area contributed by atoms with Crippen molar-refractivity contribution in [2.45, 2.75) is 26.4 Å². The first-order valence-corrected chi connectivity index (χ1v) is 9.56. The number of sulfonamides is 1. The molecule has 0 aliphatic heterocycles. The molecule has 3 N–H and O–H groups in total. The predicted octanol–water partition coefficient (Wildman–Crippen LogP) is 1.15. The van der Waals surface area contributed by atoms with Crippen LogP contribution in [0.25, 0.3) is 10.9 Å². The Labute approximate surface area is 141 Å². The number of hydrogen-bond acceptors (Lipinski definition) is 4. The van der Waals surface area contributed by atoms with Crippen LogP contribution in [0.1, 0.15) is 13.8 Å². The van der Waals surface area contributed by atoms with Crippen LogP contribution in [-0.2, 0) is 21.4 Å². The third kappa shape index (κ3) is 4.48. The Bertz CT molecular complexity index is 827. The number of benzene rings is 1. The average Bonchev–Trinajstić information content (AvgIpc) is 2.87. The number of carbonyl (C=O) groups excluding carboxylic acids is 1. The summed E-state index contributed by atoms with van der Waals surface area (Å²) >= 11 is 0. The van der Waals surface area contributed by atoms with Crippen LogP contribution in [0.15, 0.2) is 30.5 Å². The van der Waals surface area contributed by atoms with Gasteiger partial charge >= 0.3 is 0 Å². The van der Waals surface area contributed by atoms with Crippen molar-refractivity contribution in [3.8, 4) is 0 Å². The van der Waals surface area contributed by atoms with Gasteiger partial charge in [-0.25, -0.2) is 8.42 Å². The minimum Gasteiger partial charge on any atom is -0.394 e. The average molecular weight is 353 g/mol. The zero-order valence-corrected chi connectivity index (χ0v) is 14.8. The number of anilines is 1. The highest BCUT2D eigenvalue weighted by Crippen LogP contribution is 2.25. The lowest BCUT2D eigenvalue weighted by atomic mass is 10.1. The highest BCUT2D eigenvalue weighted by atomic mass is 32.2. The molecule has 1 aromatic carbocycles. The van der Waals surface area contributed by atoms with Gasteiger partial charge in [0.15, 0.2) is 0 Å². The van der Waals surface area contributed by atoms with Crippen molar-refractivity contribution in [3.05, 3.63) is 30.5 Å². The second-order valence-corrected chi connectivity index (χ2v) is 7.91. The molecular formula is C16H23N3O4S. The number of carbonyl (C=O) groups is 1. The van der Waals surface area contributed by atoms with Crippen molar-refractivity contribution >= 4 is 32.5 Å². The molecule has 0 saturated heterocycles. The van der Waals surface area contributed by atoms with E-state index in [-0.39, 0.29) is 31.0 Å². The molecule has 0 unspecified atom stereocenters. The molecule has 1 atom stereocenters. The largest absolute Gasteiger partial charge is 0.394 e. The Kier molecular flexibility index (Phi) is 5.51. The van der Waals surface area contributed by atoms with Crippen molar-refractivity contribution in [2.24, 2.45) is 5.92 Å². The maximum atomic E-state index is 12.2. The molecule has 0 aliphatic carbocycles. The van der Waals surface area contributed by atoms with Crippen LogP contribution in [0.3, 0.4) is 0 Å². The molecule has 7 nitrogen and oxygen atoms in total. The van der Waals surface area contributed by atoms with Gasteiger partial charge in [-0.15, -0.1) is 0 Å². The molecule has 1 aromatic heterocycles. The van der Waals surface area contributed by atoms with E-state index in [1.54, 1.807) is 29.0 Å². The molecule has 1 heterocycles. The second kappa shape index (κ2) is 7.23. The molecule has 0 saturated carbocycles. The van der Waals surface area contributed by atoms with E-state index >= 15 is 0 Å². The number of fused-ring (bicyclic) bond motifs is 1. The van der Waals surface area contributed by atoms with Crippen LogP contribution in [0.2, 0.25) is 0 Å². The number of nitrogens with one attached hydrogen (secondary N) is 2. The lowest BCUT2D eigenvalue weighted by molar-refractivity contribution is -0.123. The number of aromatic nitrogens is 1. The molecular weight excluding hydrogens is 330 g/mol. The fraction of sp³-hybridized carbons (Fsp3) is 0.438. The Morgan fingerprint density at radius 2 is 2.00 bits per heavy atom. The fourth-order valence-corrected chi connectivity index (χ4v) is 3.06. The Morgan fingerprint density at radius 1 is 1.29 bits per heavy atom. The summed E-state index contributed by atoms with van der Waals surface area (Å²) in [6.45, 7) is 3.83. The summed E-state index contributed by atoms with van der Waals surface area (Å²) in [5.41, 5.74) is 1.23. The second-order valence-electron chi connectivity index (χ2n) is 6.16. The normalized spacial score (nSPS) is 13.2. The summed E-state index contributed by atoms with van der Waals surface area (Å²) in [5, 5.41) is 12.8. The monoisotopic (exact) mass is 353 g/mol. The van der Waals surface area contributed by atoms with Gasteiger partial charge in [-0.2, -0.15) is 0 Å². The third-order valence-electron chi connectivity index (χ3n) is 3.77. The first-order valence-electron chi connectivity index (χ1n) is 7.67. The van der Waals surface area contributed by atoms with Crippen molar-refractivity contribution in [3.63, 3.8) is 0 Å². The van der Waals surface area contributed by atoms with Gasteiger partial charge in [0.05, 0.1) is 30.1 Å². The number of aliphatic hydroxyl groups excluding tert-OH is 1. The van der Waals surface area contributed by atoms with Crippen LogP contribution < -0.4 is 10.0 Å². The molecule has 0 fully saturated rings. The highest BCUT2D eigenvalue weighted by molar-refractivity contribution is 7.92. The number of rotatable bonds is 7. The van der Waals surface area contributed by atoms with E-state index in [2.05, 4.69) is 10.0 Å². The maximum Gasteiger partial charge on any atom is 0.240 e. The number of amides is 1. The standard InChI is InChI=1S/C16H23N3O4S/c1-11(2)14(10-20)17-16(21)9-19-8-7-12-13(18-24(3,22)23)5-4-6-15(12)19/h4-8,11,14,18,20H,9-10H2,1-3H3,(H,17,21)/t14-/m0/s1. The van der Waals surface area contributed by atoms with E-state index in [1.807, 2.05) is 19.9 Å². The molecule has 24 heavy (non-hydrogen) atoms. The molecule has 0 bridgehead atoms. The van der Waals surface area contributed by atoms with Gasteiger partial charge in [0.2, 0.25) is 15.9 Å². The van der Waals surface area contributed by atoms with Gasteiger partial charge in [0.1, 0.15) is 6.54 Å². The predicted molar refractivity (Wildman–Crippen MR) is 94.3 cm³/mol. The molecule has 1 amide bonds. The van der Waals surface area contributed by atoms with E-state index in [1.165, 1.54) is 0 Å². The van der Waals surface area contributed by atoms with E-state index < -0.39 is 10.0 Å². The Morgan fingerprint density at radius 3 is 2.58 bits per heavy atom. The van der Waals surface area contributed by atoms with Gasteiger partial charge in [-0.1, -0.05) is 19.9 Å². The van der Waals surface area contributed by atoms with Crippen LogP contribution in [0.4, 0.5) is 5.69 Å². The van der Waals surface area contributed by atoms with Gasteiger partial charge in [-0.05, 0) is 24.1 Å². The molecule has 132 valence electrons. The molecule has 8 heteroatoms. The zero-order valence-electron chi connectivity index (χ0n) is 14.0. The molecule has 0 spiro atoms. The summed E-state index contributed by atoms with van der Waals surface area (Å²) in [7, 11) is -3.38. The SMILES string of the molecule is CC(C)[C@H](CO)NC(=O)Cn1ccc2c(NS(C)(=O)=O)cccc21. The van der Waals surface area contributed by atoms with Crippen molar-refractivity contribution in [1.29, 1.82) is 0 Å². The summed E-state index contributed by atoms with van der Waals surface area (Å²) in [4.78, 5) is 12.2. The number of nitrogens with zero attached hydrogens (tertiary/aromatic N) is 1. The number of hydrogen-bond donors (Lipinski definition) is 3. The lowest BCUT2D eigenvalue weighted by Crippen LogP contribution is -2.42. The summed E-state index contributed by atoms with van der Waals surface area (Å²) in [6, 6.07) is 6.70. The Balaban J connectivity index is 2.22. The van der Waals surface area contributed by atoms with Gasteiger partial charge in [0, 0.05) is 11.6 Å². The van der Waals surface area contributed by atoms with Gasteiger partial charge in [0.25, 0.3) is 0 Å². The van der Waals surface area contributed by atoms with Crippen LogP contribution in [0, 0.1) is 5.92 Å². The van der Waals surface area contributed by atoms with Crippen molar-refractivity contribution in [2.75, 3.05) is 17.6 Å². The molecule has 0 radical (unpaired) electrons. The van der Waals surface area contributed by atoms with Crippen molar-refractivity contribution in [1.82, 2.24) is 9.88 Å². The van der Waals surface area contributed by atoms with E-state index in [9.17, 15) is 18.3 Å². The van der Waals surface area contributed by atoms with Crippen LogP contribution >= 0.6 is 0 Å². The summed E-state index contributed by atoms with van der Waals surface area (Å²) in [6.07, 6.45) is 2.83. The zero-order chi connectivity index (χ0) is 17.9. The van der Waals surface area contributed by atoms with E-state index in [4.69, 9.17) is 0 Å². The number of aliphatic hydroxyl groups is 1. The van der Waals surface area contributed by atoms with Crippen LogP contribution in [-0.4, -0.2) is 42.9 Å². The minimum absolute atomic E-state index is 0.0923. The van der Waals surface area contributed by atoms with Crippen molar-refractivity contribution < 1.29 is 18.3 Å². The van der Waals surface area contributed by atoms with Crippen LogP contribution in [0.5, 0.6) is 0 Å².